The van der Waals surface area contributed by atoms with E-state index < -0.39 is 0 Å². The third-order valence-electron chi connectivity index (χ3n) is 4.12. The molecular formula is C17H31N3. The van der Waals surface area contributed by atoms with Crippen molar-refractivity contribution in [3.63, 3.8) is 0 Å². The van der Waals surface area contributed by atoms with Crippen molar-refractivity contribution in [1.82, 2.24) is 10.3 Å². The maximum atomic E-state index is 4.83. The SMILES string of the molecule is CCC(CC)CN(CC)c1nc(C)cc(C)c1CNC. The smallest absolute Gasteiger partial charge is 0.133 e. The van der Waals surface area contributed by atoms with Crippen LogP contribution in [0.25, 0.3) is 0 Å². The Bertz CT molecular complexity index is 411. The van der Waals surface area contributed by atoms with Crippen molar-refractivity contribution in [2.75, 3.05) is 25.0 Å². The molecule has 0 aromatic carbocycles. The van der Waals surface area contributed by atoms with E-state index in [0.717, 1.165) is 31.2 Å². The molecule has 0 bridgehead atoms. The topological polar surface area (TPSA) is 28.2 Å². The molecule has 0 fully saturated rings. The van der Waals surface area contributed by atoms with Gasteiger partial charge >= 0.3 is 0 Å². The number of aromatic nitrogens is 1. The Hall–Kier alpha value is -1.09. The van der Waals surface area contributed by atoms with E-state index in [1.807, 2.05) is 7.05 Å². The quantitative estimate of drug-likeness (QED) is 0.785. The number of anilines is 1. The maximum Gasteiger partial charge on any atom is 0.133 e. The van der Waals surface area contributed by atoms with Gasteiger partial charge in [-0.05, 0) is 45.4 Å². The van der Waals surface area contributed by atoms with E-state index in [0.29, 0.717) is 0 Å². The molecule has 1 rings (SSSR count). The lowest BCUT2D eigenvalue weighted by Crippen LogP contribution is -2.31. The number of aryl methyl sites for hydroxylation is 2. The lowest BCUT2D eigenvalue weighted by Gasteiger charge is -2.29. The highest BCUT2D eigenvalue weighted by Gasteiger charge is 2.17. The lowest BCUT2D eigenvalue weighted by molar-refractivity contribution is 0.483. The van der Waals surface area contributed by atoms with Crippen LogP contribution in [0.4, 0.5) is 5.82 Å². The maximum absolute atomic E-state index is 4.83. The Morgan fingerprint density at radius 1 is 1.20 bits per heavy atom. The van der Waals surface area contributed by atoms with Gasteiger partial charge in [-0.3, -0.25) is 0 Å². The highest BCUT2D eigenvalue weighted by molar-refractivity contribution is 5.51. The first kappa shape index (κ1) is 17.0. The first-order valence-corrected chi connectivity index (χ1v) is 7.93. The van der Waals surface area contributed by atoms with E-state index in [9.17, 15) is 0 Å². The Morgan fingerprint density at radius 2 is 1.85 bits per heavy atom. The molecule has 0 aliphatic rings. The monoisotopic (exact) mass is 277 g/mol. The molecule has 3 nitrogen and oxygen atoms in total. The van der Waals surface area contributed by atoms with Crippen LogP contribution in [0, 0.1) is 19.8 Å². The molecule has 1 heterocycles. The van der Waals surface area contributed by atoms with Crippen molar-refractivity contribution in [2.24, 2.45) is 5.92 Å². The van der Waals surface area contributed by atoms with Gasteiger partial charge in [-0.1, -0.05) is 26.7 Å². The van der Waals surface area contributed by atoms with Gasteiger partial charge in [0, 0.05) is 30.9 Å². The Morgan fingerprint density at radius 3 is 2.35 bits per heavy atom. The highest BCUT2D eigenvalue weighted by Crippen LogP contribution is 2.24. The molecule has 0 spiro atoms. The van der Waals surface area contributed by atoms with Crippen molar-refractivity contribution >= 4 is 5.82 Å². The van der Waals surface area contributed by atoms with Crippen LogP contribution >= 0.6 is 0 Å². The molecule has 0 saturated heterocycles. The molecule has 0 saturated carbocycles. The number of hydrogen-bond donors (Lipinski definition) is 1. The molecule has 114 valence electrons. The van der Waals surface area contributed by atoms with Gasteiger partial charge in [0.1, 0.15) is 5.82 Å². The largest absolute Gasteiger partial charge is 0.356 e. The highest BCUT2D eigenvalue weighted by atomic mass is 15.2. The predicted molar refractivity (Wildman–Crippen MR) is 88.4 cm³/mol. The molecule has 0 radical (unpaired) electrons. The summed E-state index contributed by atoms with van der Waals surface area (Å²) in [5, 5.41) is 3.28. The fourth-order valence-corrected chi connectivity index (χ4v) is 2.72. The van der Waals surface area contributed by atoms with Crippen LogP contribution in [0.3, 0.4) is 0 Å². The van der Waals surface area contributed by atoms with E-state index in [2.05, 4.69) is 50.9 Å². The van der Waals surface area contributed by atoms with Gasteiger partial charge < -0.3 is 10.2 Å². The Kier molecular flexibility index (Phi) is 7.00. The first-order chi connectivity index (χ1) is 9.57. The average Bonchev–Trinajstić information content (AvgIpc) is 2.43. The molecule has 1 aromatic heterocycles. The summed E-state index contributed by atoms with van der Waals surface area (Å²) in [7, 11) is 2.00. The molecule has 0 unspecified atom stereocenters. The van der Waals surface area contributed by atoms with Crippen LogP contribution < -0.4 is 10.2 Å². The second kappa shape index (κ2) is 8.25. The summed E-state index contributed by atoms with van der Waals surface area (Å²) in [4.78, 5) is 7.28. The van der Waals surface area contributed by atoms with Crippen molar-refractivity contribution < 1.29 is 0 Å². The third-order valence-corrected chi connectivity index (χ3v) is 4.12. The number of pyridine rings is 1. The van der Waals surface area contributed by atoms with Crippen LogP contribution in [0.5, 0.6) is 0 Å². The molecule has 0 amide bonds. The van der Waals surface area contributed by atoms with Crippen molar-refractivity contribution in [3.05, 3.63) is 22.9 Å². The Balaban J connectivity index is 3.12. The van der Waals surface area contributed by atoms with Crippen LogP contribution in [0.15, 0.2) is 6.07 Å². The zero-order chi connectivity index (χ0) is 15.1. The number of nitrogens with zero attached hydrogens (tertiary/aromatic N) is 2. The molecule has 1 N–H and O–H groups in total. The van der Waals surface area contributed by atoms with Crippen LogP contribution in [0.1, 0.15) is 50.4 Å². The molecule has 0 atom stereocenters. The normalized spacial score (nSPS) is 11.2. The van der Waals surface area contributed by atoms with E-state index in [4.69, 9.17) is 4.98 Å². The minimum atomic E-state index is 0.750. The summed E-state index contributed by atoms with van der Waals surface area (Å²) in [6.45, 7) is 14.1. The summed E-state index contributed by atoms with van der Waals surface area (Å²) in [6, 6.07) is 2.18. The first-order valence-electron chi connectivity index (χ1n) is 7.93. The average molecular weight is 277 g/mol. The minimum absolute atomic E-state index is 0.750. The molecule has 3 heteroatoms. The van der Waals surface area contributed by atoms with Gasteiger partial charge in [-0.2, -0.15) is 0 Å². The third kappa shape index (κ3) is 4.20. The minimum Gasteiger partial charge on any atom is -0.356 e. The lowest BCUT2D eigenvalue weighted by atomic mass is 10.0. The second-order valence-electron chi connectivity index (χ2n) is 5.63. The van der Waals surface area contributed by atoms with E-state index in [1.54, 1.807) is 0 Å². The van der Waals surface area contributed by atoms with Gasteiger partial charge in [0.2, 0.25) is 0 Å². The van der Waals surface area contributed by atoms with Crippen LogP contribution in [-0.2, 0) is 6.54 Å². The summed E-state index contributed by atoms with van der Waals surface area (Å²) >= 11 is 0. The number of rotatable bonds is 8. The summed E-state index contributed by atoms with van der Waals surface area (Å²) < 4.78 is 0. The molecule has 0 aliphatic carbocycles. The summed E-state index contributed by atoms with van der Waals surface area (Å²) in [5.74, 6) is 1.92. The summed E-state index contributed by atoms with van der Waals surface area (Å²) in [6.07, 6.45) is 2.47. The van der Waals surface area contributed by atoms with Crippen LogP contribution in [0.2, 0.25) is 0 Å². The Labute approximate surface area is 124 Å². The van der Waals surface area contributed by atoms with Gasteiger partial charge in [0.15, 0.2) is 0 Å². The zero-order valence-corrected chi connectivity index (χ0v) is 14.1. The van der Waals surface area contributed by atoms with Crippen molar-refractivity contribution in [2.45, 2.75) is 54.0 Å². The fraction of sp³-hybridized carbons (Fsp3) is 0.706. The van der Waals surface area contributed by atoms with E-state index in [-0.39, 0.29) is 0 Å². The van der Waals surface area contributed by atoms with Gasteiger partial charge in [-0.15, -0.1) is 0 Å². The fourth-order valence-electron chi connectivity index (χ4n) is 2.72. The second-order valence-corrected chi connectivity index (χ2v) is 5.63. The molecule has 0 aliphatic heterocycles. The number of nitrogens with one attached hydrogen (secondary N) is 1. The van der Waals surface area contributed by atoms with Gasteiger partial charge in [0.05, 0.1) is 0 Å². The van der Waals surface area contributed by atoms with Gasteiger partial charge in [-0.25, -0.2) is 4.98 Å². The molecule has 20 heavy (non-hydrogen) atoms. The summed E-state index contributed by atoms with van der Waals surface area (Å²) in [5.41, 5.74) is 3.79. The number of hydrogen-bond acceptors (Lipinski definition) is 3. The molecular weight excluding hydrogens is 246 g/mol. The van der Waals surface area contributed by atoms with Crippen molar-refractivity contribution in [3.8, 4) is 0 Å². The molecule has 1 aromatic rings. The zero-order valence-electron chi connectivity index (χ0n) is 14.1. The van der Waals surface area contributed by atoms with Gasteiger partial charge in [0.25, 0.3) is 0 Å². The van der Waals surface area contributed by atoms with E-state index >= 15 is 0 Å². The van der Waals surface area contributed by atoms with Crippen LogP contribution in [-0.4, -0.2) is 25.1 Å². The van der Waals surface area contributed by atoms with E-state index in [1.165, 1.54) is 29.8 Å². The van der Waals surface area contributed by atoms with Crippen molar-refractivity contribution in [1.29, 1.82) is 0 Å². The standard InChI is InChI=1S/C17H31N3/c1-7-15(8-2)12-20(9-3)17-16(11-18-6)13(4)10-14(5)19-17/h10,15,18H,7-9,11-12H2,1-6H3. The predicted octanol–water partition coefficient (Wildman–Crippen LogP) is 3.68.